The lowest BCUT2D eigenvalue weighted by Crippen LogP contribution is -2.44. The Morgan fingerprint density at radius 2 is 1.29 bits per heavy atom. The zero-order valence-corrected chi connectivity index (χ0v) is 15.5. The van der Waals surface area contributed by atoms with Crippen LogP contribution in [0.4, 0.5) is 0 Å². The van der Waals surface area contributed by atoms with Gasteiger partial charge in [0.2, 0.25) is 5.91 Å². The second-order valence-corrected chi connectivity index (χ2v) is 7.61. The number of carbonyl (C=O) groups excluding carboxylic acids is 1. The molecule has 0 spiro atoms. The van der Waals surface area contributed by atoms with E-state index in [1.165, 1.54) is 13.8 Å². The summed E-state index contributed by atoms with van der Waals surface area (Å²) in [5.41, 5.74) is -2.69. The molecule has 0 aromatic rings. The topological polar surface area (TPSA) is 170 Å². The van der Waals surface area contributed by atoms with Crippen molar-refractivity contribution in [2.24, 2.45) is 17.3 Å². The molecule has 10 nitrogen and oxygen atoms in total. The van der Waals surface area contributed by atoms with Gasteiger partial charge in [-0.2, -0.15) is 0 Å². The van der Waals surface area contributed by atoms with Crippen LogP contribution in [-0.2, 0) is 24.0 Å². The SMILES string of the molecule is CC1(C)C(=O)N(C2CCCCC2)C(C(C(=O)O)C(=O)O)=C1C(C(=O)O)C(=O)O. The van der Waals surface area contributed by atoms with Gasteiger partial charge in [0.25, 0.3) is 0 Å². The largest absolute Gasteiger partial charge is 0.480 e. The molecule has 1 amide bonds. The number of nitrogens with zero attached hydrogens (tertiary/aromatic N) is 1. The number of aliphatic carboxylic acids is 4. The minimum Gasteiger partial charge on any atom is -0.480 e. The van der Waals surface area contributed by atoms with Gasteiger partial charge in [0.1, 0.15) is 0 Å². The second kappa shape index (κ2) is 7.61. The maximum Gasteiger partial charge on any atom is 0.324 e. The van der Waals surface area contributed by atoms with Crippen molar-refractivity contribution in [3.8, 4) is 0 Å². The zero-order valence-electron chi connectivity index (χ0n) is 15.5. The van der Waals surface area contributed by atoms with Gasteiger partial charge >= 0.3 is 23.9 Å². The summed E-state index contributed by atoms with van der Waals surface area (Å²) in [5.74, 6) is -12.3. The molecule has 0 radical (unpaired) electrons. The lowest BCUT2D eigenvalue weighted by atomic mass is 9.76. The summed E-state index contributed by atoms with van der Waals surface area (Å²) in [5, 5.41) is 37.9. The average Bonchev–Trinajstić information content (AvgIpc) is 2.76. The third-order valence-electron chi connectivity index (χ3n) is 5.45. The number of carboxylic acid groups (broad SMARTS) is 4. The van der Waals surface area contributed by atoms with E-state index in [1.54, 1.807) is 0 Å². The maximum absolute atomic E-state index is 13.2. The number of hydrogen-bond donors (Lipinski definition) is 4. The fourth-order valence-electron chi connectivity index (χ4n) is 4.17. The van der Waals surface area contributed by atoms with E-state index >= 15 is 0 Å². The van der Waals surface area contributed by atoms with E-state index in [9.17, 15) is 44.4 Å². The Morgan fingerprint density at radius 1 is 0.857 bits per heavy atom. The van der Waals surface area contributed by atoms with Crippen LogP contribution in [-0.4, -0.2) is 61.2 Å². The molecule has 4 N–H and O–H groups in total. The molecule has 2 aliphatic rings. The molecule has 2 rings (SSSR count). The molecule has 1 heterocycles. The smallest absolute Gasteiger partial charge is 0.324 e. The first kappa shape index (κ1) is 21.4. The first-order valence-electron chi connectivity index (χ1n) is 8.92. The van der Waals surface area contributed by atoms with Crippen molar-refractivity contribution in [1.29, 1.82) is 0 Å². The van der Waals surface area contributed by atoms with Crippen molar-refractivity contribution in [2.45, 2.75) is 52.0 Å². The number of carboxylic acids is 4. The van der Waals surface area contributed by atoms with Crippen molar-refractivity contribution in [3.63, 3.8) is 0 Å². The summed E-state index contributed by atoms with van der Waals surface area (Å²) in [6.45, 7) is 2.60. The summed E-state index contributed by atoms with van der Waals surface area (Å²) in [6, 6.07) is -0.502. The van der Waals surface area contributed by atoms with Crippen molar-refractivity contribution in [1.82, 2.24) is 4.90 Å². The van der Waals surface area contributed by atoms with Gasteiger partial charge in [-0.05, 0) is 32.3 Å². The minimum atomic E-state index is -2.25. The van der Waals surface area contributed by atoms with E-state index in [0.717, 1.165) is 24.2 Å². The number of rotatable bonds is 7. The Hall–Kier alpha value is -2.91. The summed E-state index contributed by atoms with van der Waals surface area (Å²) >= 11 is 0. The Labute approximate surface area is 160 Å². The maximum atomic E-state index is 13.2. The van der Waals surface area contributed by atoms with Crippen molar-refractivity contribution in [2.75, 3.05) is 0 Å². The normalized spacial score (nSPS) is 20.1. The molecular formula is C18H23NO9. The highest BCUT2D eigenvalue weighted by Crippen LogP contribution is 2.48. The summed E-state index contributed by atoms with van der Waals surface area (Å²) in [4.78, 5) is 61.0. The third kappa shape index (κ3) is 3.46. The van der Waals surface area contributed by atoms with Gasteiger partial charge in [0.05, 0.1) is 5.41 Å². The lowest BCUT2D eigenvalue weighted by molar-refractivity contribution is -0.156. The van der Waals surface area contributed by atoms with Crippen LogP contribution in [0.25, 0.3) is 0 Å². The fraction of sp³-hybridized carbons (Fsp3) is 0.611. The average molecular weight is 397 g/mol. The Bertz CT molecular complexity index is 733. The van der Waals surface area contributed by atoms with Gasteiger partial charge < -0.3 is 25.3 Å². The van der Waals surface area contributed by atoms with Crippen molar-refractivity contribution < 1.29 is 44.4 Å². The Kier molecular flexibility index (Phi) is 5.81. The highest BCUT2D eigenvalue weighted by molar-refractivity contribution is 6.05. The first-order valence-corrected chi connectivity index (χ1v) is 8.92. The van der Waals surface area contributed by atoms with Gasteiger partial charge in [0.15, 0.2) is 11.8 Å². The van der Waals surface area contributed by atoms with Crippen molar-refractivity contribution >= 4 is 29.8 Å². The van der Waals surface area contributed by atoms with Crippen LogP contribution in [0.1, 0.15) is 46.0 Å². The molecule has 0 unspecified atom stereocenters. The lowest BCUT2D eigenvalue weighted by Gasteiger charge is -2.35. The quantitative estimate of drug-likeness (QED) is 0.458. The summed E-state index contributed by atoms with van der Waals surface area (Å²) in [6.07, 6.45) is 3.37. The highest BCUT2D eigenvalue weighted by atomic mass is 16.4. The number of carbonyl (C=O) groups is 5. The van der Waals surface area contributed by atoms with E-state index in [-0.39, 0.29) is 0 Å². The van der Waals surface area contributed by atoms with Gasteiger partial charge in [-0.1, -0.05) is 19.3 Å². The monoisotopic (exact) mass is 397 g/mol. The van der Waals surface area contributed by atoms with E-state index in [2.05, 4.69) is 0 Å². The van der Waals surface area contributed by atoms with Crippen molar-refractivity contribution in [3.05, 3.63) is 11.3 Å². The molecule has 0 saturated heterocycles. The molecular weight excluding hydrogens is 374 g/mol. The van der Waals surface area contributed by atoms with Crippen LogP contribution in [0, 0.1) is 17.3 Å². The molecule has 0 bridgehead atoms. The van der Waals surface area contributed by atoms with Crippen LogP contribution in [0.2, 0.25) is 0 Å². The number of amides is 1. The summed E-state index contributed by atoms with van der Waals surface area (Å²) < 4.78 is 0. The first-order chi connectivity index (χ1) is 12.9. The molecule has 0 aromatic carbocycles. The third-order valence-corrected chi connectivity index (χ3v) is 5.45. The molecule has 154 valence electrons. The van der Waals surface area contributed by atoms with E-state index in [1.807, 2.05) is 0 Å². The van der Waals surface area contributed by atoms with Crippen LogP contribution < -0.4 is 0 Å². The summed E-state index contributed by atoms with van der Waals surface area (Å²) in [7, 11) is 0. The molecule has 1 saturated carbocycles. The molecule has 0 aromatic heterocycles. The standard InChI is InChI=1S/C18H23NO9/c1-18(2)11(9(13(20)21)14(22)23)12(10(15(24)25)16(26)27)19(17(18)28)8-6-4-3-5-7-8/h8-10H,3-7H2,1-2H3,(H,20,21)(H,22,23)(H,24,25)(H,26,27). The van der Waals surface area contributed by atoms with Crippen LogP contribution >= 0.6 is 0 Å². The Balaban J connectivity index is 2.83. The zero-order chi connectivity index (χ0) is 21.4. The van der Waals surface area contributed by atoms with Gasteiger partial charge in [-0.3, -0.25) is 24.0 Å². The van der Waals surface area contributed by atoms with Crippen LogP contribution in [0.15, 0.2) is 11.3 Å². The molecule has 0 atom stereocenters. The van der Waals surface area contributed by atoms with E-state index in [0.29, 0.717) is 12.8 Å². The molecule has 1 aliphatic carbocycles. The highest BCUT2D eigenvalue weighted by Gasteiger charge is 2.57. The predicted octanol–water partition coefficient (Wildman–Crippen LogP) is 1.01. The molecule has 1 fully saturated rings. The van der Waals surface area contributed by atoms with E-state index in [4.69, 9.17) is 0 Å². The second-order valence-electron chi connectivity index (χ2n) is 7.61. The van der Waals surface area contributed by atoms with Gasteiger partial charge in [0, 0.05) is 11.7 Å². The Morgan fingerprint density at radius 3 is 1.68 bits per heavy atom. The number of hydrogen-bond acceptors (Lipinski definition) is 5. The minimum absolute atomic E-state index is 0.488. The molecule has 1 aliphatic heterocycles. The predicted molar refractivity (Wildman–Crippen MR) is 92.0 cm³/mol. The molecule has 10 heteroatoms. The van der Waals surface area contributed by atoms with Crippen LogP contribution in [0.3, 0.4) is 0 Å². The molecule has 28 heavy (non-hydrogen) atoms. The van der Waals surface area contributed by atoms with Gasteiger partial charge in [-0.25, -0.2) is 0 Å². The van der Waals surface area contributed by atoms with Crippen LogP contribution in [0.5, 0.6) is 0 Å². The fourth-order valence-corrected chi connectivity index (χ4v) is 4.17. The van der Waals surface area contributed by atoms with E-state index < -0.39 is 64.3 Å². The van der Waals surface area contributed by atoms with Gasteiger partial charge in [-0.15, -0.1) is 0 Å².